The highest BCUT2D eigenvalue weighted by atomic mass is 16.5. The molecule has 0 saturated carbocycles. The minimum Gasteiger partial charge on any atom is -0.496 e. The molecule has 17 heavy (non-hydrogen) atoms. The van der Waals surface area contributed by atoms with Gasteiger partial charge in [0.1, 0.15) is 5.75 Å². The Bertz CT molecular complexity index is 464. The molecule has 0 bridgehead atoms. The fraction of sp³-hybridized carbons (Fsp3) is 0.333. The molecule has 1 rings (SSSR count). The van der Waals surface area contributed by atoms with Gasteiger partial charge in [0.15, 0.2) is 6.04 Å². The van der Waals surface area contributed by atoms with E-state index in [4.69, 9.17) is 4.74 Å². The van der Waals surface area contributed by atoms with Crippen LogP contribution in [-0.4, -0.2) is 26.3 Å². The lowest BCUT2D eigenvalue weighted by Crippen LogP contribution is -2.12. The first-order valence-corrected chi connectivity index (χ1v) is 4.93. The van der Waals surface area contributed by atoms with E-state index in [-0.39, 0.29) is 0 Å². The molecule has 5 heteroatoms. The van der Waals surface area contributed by atoms with Crippen LogP contribution in [0.4, 0.5) is 0 Å². The molecule has 0 spiro atoms. The Morgan fingerprint density at radius 2 is 2.12 bits per heavy atom. The topological polar surface area (TPSA) is 65.0 Å². The molecule has 1 unspecified atom stereocenters. The van der Waals surface area contributed by atoms with Gasteiger partial charge in [-0.3, -0.25) is 0 Å². The van der Waals surface area contributed by atoms with E-state index < -0.39 is 12.0 Å². The van der Waals surface area contributed by atoms with Gasteiger partial charge >= 0.3 is 5.97 Å². The van der Waals surface area contributed by atoms with Crippen LogP contribution in [0.5, 0.6) is 5.75 Å². The highest BCUT2D eigenvalue weighted by Gasteiger charge is 2.21. The van der Waals surface area contributed by atoms with Gasteiger partial charge in [0.2, 0.25) is 6.08 Å². The molecule has 0 fully saturated rings. The van der Waals surface area contributed by atoms with Gasteiger partial charge in [0.25, 0.3) is 0 Å². The number of hydrogen-bond donors (Lipinski definition) is 0. The molecule has 0 aliphatic heterocycles. The van der Waals surface area contributed by atoms with Crippen LogP contribution in [0.3, 0.4) is 0 Å². The third-order valence-corrected chi connectivity index (χ3v) is 2.35. The van der Waals surface area contributed by atoms with E-state index >= 15 is 0 Å². The number of aryl methyl sites for hydroxylation is 1. The maximum absolute atomic E-state index is 11.5. The third kappa shape index (κ3) is 2.92. The van der Waals surface area contributed by atoms with Crippen LogP contribution in [0.25, 0.3) is 0 Å². The summed E-state index contributed by atoms with van der Waals surface area (Å²) in [6, 6.07) is 4.13. The van der Waals surface area contributed by atoms with Gasteiger partial charge in [0, 0.05) is 0 Å². The lowest BCUT2D eigenvalue weighted by atomic mass is 10.0. The molecular formula is C12H13NO4. The Labute approximate surface area is 99.1 Å². The average molecular weight is 235 g/mol. The normalized spacial score (nSPS) is 11.2. The fourth-order valence-electron chi connectivity index (χ4n) is 1.43. The Morgan fingerprint density at radius 3 is 2.65 bits per heavy atom. The predicted molar refractivity (Wildman–Crippen MR) is 60.6 cm³/mol. The quantitative estimate of drug-likeness (QED) is 0.451. The first-order chi connectivity index (χ1) is 8.13. The van der Waals surface area contributed by atoms with Crippen LogP contribution in [-0.2, 0) is 14.3 Å². The zero-order valence-corrected chi connectivity index (χ0v) is 9.89. The monoisotopic (exact) mass is 235 g/mol. The van der Waals surface area contributed by atoms with Gasteiger partial charge in [-0.1, -0.05) is 12.1 Å². The summed E-state index contributed by atoms with van der Waals surface area (Å²) >= 11 is 0. The van der Waals surface area contributed by atoms with Gasteiger partial charge in [-0.2, -0.15) is 4.99 Å². The number of methoxy groups -OCH3 is 2. The minimum absolute atomic E-state index is 0.530. The van der Waals surface area contributed by atoms with Gasteiger partial charge in [-0.15, -0.1) is 0 Å². The standard InChI is InChI=1S/C12H13NO4/c1-8-4-5-9(6-10(8)16-2)11(13-7-14)12(15)17-3/h4-6,11H,1-3H3. The first kappa shape index (κ1) is 12.9. The molecule has 0 aromatic heterocycles. The second-order valence-electron chi connectivity index (χ2n) is 3.38. The summed E-state index contributed by atoms with van der Waals surface area (Å²) in [6.07, 6.45) is 1.37. The largest absolute Gasteiger partial charge is 0.496 e. The van der Waals surface area contributed by atoms with Crippen LogP contribution in [0.1, 0.15) is 17.2 Å². The number of isocyanates is 1. The Hall–Kier alpha value is -2.13. The molecule has 1 aromatic rings. The Kier molecular flexibility index (Phi) is 4.43. The number of ether oxygens (including phenoxy) is 2. The number of rotatable bonds is 4. The van der Waals surface area contributed by atoms with Crippen molar-refractivity contribution >= 4 is 12.0 Å². The minimum atomic E-state index is -0.994. The zero-order valence-electron chi connectivity index (χ0n) is 9.89. The number of carbonyl (C=O) groups excluding carboxylic acids is 2. The Morgan fingerprint density at radius 1 is 1.41 bits per heavy atom. The molecule has 5 nitrogen and oxygen atoms in total. The van der Waals surface area contributed by atoms with Crippen molar-refractivity contribution in [2.45, 2.75) is 13.0 Å². The van der Waals surface area contributed by atoms with Crippen molar-refractivity contribution in [1.82, 2.24) is 0 Å². The SMILES string of the molecule is COC(=O)C(N=C=O)c1ccc(C)c(OC)c1. The Balaban J connectivity index is 3.19. The second kappa shape index (κ2) is 5.82. The summed E-state index contributed by atoms with van der Waals surface area (Å²) < 4.78 is 9.71. The molecule has 0 aliphatic rings. The summed E-state index contributed by atoms with van der Waals surface area (Å²) in [5, 5.41) is 0. The highest BCUT2D eigenvalue weighted by molar-refractivity contribution is 5.78. The molecule has 0 heterocycles. The van der Waals surface area contributed by atoms with E-state index in [1.54, 1.807) is 18.2 Å². The van der Waals surface area contributed by atoms with Crippen molar-refractivity contribution in [1.29, 1.82) is 0 Å². The van der Waals surface area contributed by atoms with E-state index in [1.165, 1.54) is 20.3 Å². The molecule has 0 saturated heterocycles. The van der Waals surface area contributed by atoms with E-state index in [9.17, 15) is 9.59 Å². The van der Waals surface area contributed by atoms with Crippen molar-refractivity contribution < 1.29 is 19.1 Å². The van der Waals surface area contributed by atoms with Crippen molar-refractivity contribution in [3.8, 4) is 5.75 Å². The average Bonchev–Trinajstić information content (AvgIpc) is 2.36. The number of benzene rings is 1. The molecule has 1 aromatic carbocycles. The van der Waals surface area contributed by atoms with Crippen LogP contribution >= 0.6 is 0 Å². The van der Waals surface area contributed by atoms with Gasteiger partial charge in [-0.25, -0.2) is 9.59 Å². The van der Waals surface area contributed by atoms with E-state index in [0.717, 1.165) is 5.56 Å². The lowest BCUT2D eigenvalue weighted by molar-refractivity contribution is -0.142. The smallest absolute Gasteiger partial charge is 0.336 e. The molecule has 90 valence electrons. The first-order valence-electron chi connectivity index (χ1n) is 4.93. The van der Waals surface area contributed by atoms with Gasteiger partial charge in [-0.05, 0) is 24.1 Å². The van der Waals surface area contributed by atoms with Crippen LogP contribution in [0.2, 0.25) is 0 Å². The molecule has 0 radical (unpaired) electrons. The summed E-state index contributed by atoms with van der Waals surface area (Å²) in [5.41, 5.74) is 1.46. The second-order valence-corrected chi connectivity index (χ2v) is 3.38. The third-order valence-electron chi connectivity index (χ3n) is 2.35. The highest BCUT2D eigenvalue weighted by Crippen LogP contribution is 2.25. The van der Waals surface area contributed by atoms with Crippen molar-refractivity contribution in [3.63, 3.8) is 0 Å². The van der Waals surface area contributed by atoms with Gasteiger partial charge in [0.05, 0.1) is 14.2 Å². The summed E-state index contributed by atoms with van der Waals surface area (Å²) in [5.74, 6) is 0.0109. The zero-order chi connectivity index (χ0) is 12.8. The lowest BCUT2D eigenvalue weighted by Gasteiger charge is -2.11. The van der Waals surface area contributed by atoms with Gasteiger partial charge < -0.3 is 9.47 Å². The van der Waals surface area contributed by atoms with Crippen molar-refractivity contribution in [2.24, 2.45) is 4.99 Å². The molecule has 0 aliphatic carbocycles. The van der Waals surface area contributed by atoms with Crippen LogP contribution in [0, 0.1) is 6.92 Å². The fourth-order valence-corrected chi connectivity index (χ4v) is 1.43. The summed E-state index contributed by atoms with van der Waals surface area (Å²) in [7, 11) is 2.77. The summed E-state index contributed by atoms with van der Waals surface area (Å²) in [6.45, 7) is 1.87. The van der Waals surface area contributed by atoms with Crippen LogP contribution < -0.4 is 4.74 Å². The van der Waals surface area contributed by atoms with Crippen molar-refractivity contribution in [3.05, 3.63) is 29.3 Å². The predicted octanol–water partition coefficient (Wildman–Crippen LogP) is 1.55. The molecule has 0 amide bonds. The van der Waals surface area contributed by atoms with Crippen LogP contribution in [0.15, 0.2) is 23.2 Å². The summed E-state index contributed by atoms with van der Waals surface area (Å²) in [4.78, 5) is 25.2. The van der Waals surface area contributed by atoms with E-state index in [0.29, 0.717) is 11.3 Å². The van der Waals surface area contributed by atoms with E-state index in [1.807, 2.05) is 6.92 Å². The molecule has 1 atom stereocenters. The molecular weight excluding hydrogens is 222 g/mol. The number of carbonyl (C=O) groups is 1. The molecule has 0 N–H and O–H groups in total. The number of hydrogen-bond acceptors (Lipinski definition) is 5. The number of esters is 1. The maximum Gasteiger partial charge on any atom is 0.336 e. The number of aliphatic imine (C=N–C) groups is 1. The van der Waals surface area contributed by atoms with Crippen molar-refractivity contribution in [2.75, 3.05) is 14.2 Å². The number of nitrogens with zero attached hydrogens (tertiary/aromatic N) is 1. The van der Waals surface area contributed by atoms with E-state index in [2.05, 4.69) is 9.73 Å². The maximum atomic E-state index is 11.5.